The number of hydrogen-bond acceptors (Lipinski definition) is 6. The van der Waals surface area contributed by atoms with Gasteiger partial charge in [0.05, 0.1) is 4.90 Å². The molecule has 0 fully saturated rings. The number of hydrogen-bond donors (Lipinski definition) is 1. The van der Waals surface area contributed by atoms with Crippen LogP contribution in [0.5, 0.6) is 0 Å². The summed E-state index contributed by atoms with van der Waals surface area (Å²) in [6, 6.07) is 13.3. The Hall–Kier alpha value is -3.04. The molecule has 0 spiro atoms. The maximum absolute atomic E-state index is 12.6. The van der Waals surface area contributed by atoms with Gasteiger partial charge in [-0.25, -0.2) is 12.7 Å². The van der Waals surface area contributed by atoms with Gasteiger partial charge in [0.15, 0.2) is 0 Å². The number of carbonyl (C=O) groups is 1. The number of carbonyl (C=O) groups excluding carboxylic acids is 1. The normalized spacial score (nSPS) is 11.6. The first-order chi connectivity index (χ1) is 14.3. The highest BCUT2D eigenvalue weighted by molar-refractivity contribution is 7.89. The van der Waals surface area contributed by atoms with Gasteiger partial charge in [-0.3, -0.25) is 10.1 Å². The van der Waals surface area contributed by atoms with Crippen molar-refractivity contribution in [1.29, 1.82) is 0 Å². The second kappa shape index (κ2) is 9.19. The van der Waals surface area contributed by atoms with Gasteiger partial charge in [0.1, 0.15) is 0 Å². The first kappa shape index (κ1) is 21.7. The van der Waals surface area contributed by atoms with E-state index in [-0.39, 0.29) is 16.5 Å². The van der Waals surface area contributed by atoms with E-state index in [1.807, 2.05) is 38.1 Å². The Kier molecular flexibility index (Phi) is 6.63. The van der Waals surface area contributed by atoms with Crippen molar-refractivity contribution in [2.24, 2.45) is 0 Å². The molecule has 1 N–H and O–H groups in total. The molecule has 0 atom stereocenters. The molecule has 0 saturated heterocycles. The van der Waals surface area contributed by atoms with Crippen molar-refractivity contribution in [3.8, 4) is 11.5 Å². The van der Waals surface area contributed by atoms with Crippen LogP contribution in [-0.2, 0) is 10.0 Å². The van der Waals surface area contributed by atoms with Crippen LogP contribution in [0.15, 0.2) is 57.8 Å². The molecule has 1 aromatic heterocycles. The van der Waals surface area contributed by atoms with Gasteiger partial charge in [0, 0.05) is 24.7 Å². The van der Waals surface area contributed by atoms with Crippen molar-refractivity contribution in [1.82, 2.24) is 14.5 Å². The van der Waals surface area contributed by atoms with Gasteiger partial charge in [0.25, 0.3) is 5.91 Å². The molecule has 0 aliphatic heterocycles. The lowest BCUT2D eigenvalue weighted by Crippen LogP contribution is -2.28. The predicted octanol–water partition coefficient (Wildman–Crippen LogP) is 3.72. The fourth-order valence-corrected chi connectivity index (χ4v) is 4.01. The van der Waals surface area contributed by atoms with Crippen molar-refractivity contribution >= 4 is 21.9 Å². The second-order valence-electron chi connectivity index (χ2n) is 6.94. The SMILES string of the molecule is CCCCN(C)S(=O)(=O)c1ccc(C(=O)Nc2nnc(-c3cccc(C)c3)o2)cc1. The van der Waals surface area contributed by atoms with E-state index < -0.39 is 15.9 Å². The molecule has 3 aromatic rings. The molecule has 0 bridgehead atoms. The van der Waals surface area contributed by atoms with Crippen LogP contribution in [0.4, 0.5) is 6.01 Å². The van der Waals surface area contributed by atoms with Crippen LogP contribution in [0.2, 0.25) is 0 Å². The molecular formula is C21H24N4O4S. The van der Waals surface area contributed by atoms with E-state index in [0.717, 1.165) is 24.0 Å². The first-order valence-electron chi connectivity index (χ1n) is 9.59. The summed E-state index contributed by atoms with van der Waals surface area (Å²) in [5.41, 5.74) is 2.08. The van der Waals surface area contributed by atoms with E-state index in [2.05, 4.69) is 15.5 Å². The number of amides is 1. The Morgan fingerprint density at radius 3 is 2.53 bits per heavy atom. The Morgan fingerprint density at radius 1 is 1.13 bits per heavy atom. The number of anilines is 1. The van der Waals surface area contributed by atoms with Gasteiger partial charge < -0.3 is 4.42 Å². The van der Waals surface area contributed by atoms with E-state index in [9.17, 15) is 13.2 Å². The number of nitrogens with zero attached hydrogens (tertiary/aromatic N) is 3. The van der Waals surface area contributed by atoms with E-state index in [1.165, 1.54) is 28.6 Å². The molecule has 1 heterocycles. The molecule has 0 unspecified atom stereocenters. The van der Waals surface area contributed by atoms with Gasteiger partial charge >= 0.3 is 6.01 Å². The van der Waals surface area contributed by atoms with Crippen LogP contribution in [-0.4, -0.2) is 42.4 Å². The van der Waals surface area contributed by atoms with E-state index in [0.29, 0.717) is 12.4 Å². The molecule has 8 nitrogen and oxygen atoms in total. The van der Waals surface area contributed by atoms with Crippen molar-refractivity contribution in [3.63, 3.8) is 0 Å². The quantitative estimate of drug-likeness (QED) is 0.586. The molecule has 1 amide bonds. The van der Waals surface area contributed by atoms with E-state index >= 15 is 0 Å². The fourth-order valence-electron chi connectivity index (χ4n) is 2.80. The highest BCUT2D eigenvalue weighted by Crippen LogP contribution is 2.21. The topological polar surface area (TPSA) is 105 Å². The smallest absolute Gasteiger partial charge is 0.322 e. The number of nitrogens with one attached hydrogen (secondary N) is 1. The van der Waals surface area contributed by atoms with Crippen molar-refractivity contribution in [2.45, 2.75) is 31.6 Å². The minimum absolute atomic E-state index is 0.0347. The molecule has 9 heteroatoms. The molecule has 0 aliphatic carbocycles. The summed E-state index contributed by atoms with van der Waals surface area (Å²) in [7, 11) is -2.03. The van der Waals surface area contributed by atoms with Crippen molar-refractivity contribution in [2.75, 3.05) is 18.9 Å². The Morgan fingerprint density at radius 2 is 1.87 bits per heavy atom. The van der Waals surface area contributed by atoms with Gasteiger partial charge in [-0.05, 0) is 49.7 Å². The Bertz CT molecular complexity index is 1120. The monoisotopic (exact) mass is 428 g/mol. The summed E-state index contributed by atoms with van der Waals surface area (Å²) in [4.78, 5) is 12.6. The van der Waals surface area contributed by atoms with Crippen LogP contribution < -0.4 is 5.32 Å². The zero-order chi connectivity index (χ0) is 21.7. The lowest BCUT2D eigenvalue weighted by Gasteiger charge is -2.16. The fraction of sp³-hybridized carbons (Fsp3) is 0.286. The number of unbranched alkanes of at least 4 members (excludes halogenated alkanes) is 1. The lowest BCUT2D eigenvalue weighted by molar-refractivity contribution is 0.102. The number of rotatable bonds is 8. The van der Waals surface area contributed by atoms with E-state index in [1.54, 1.807) is 7.05 Å². The average molecular weight is 429 g/mol. The Labute approximate surface area is 176 Å². The number of aryl methyl sites for hydroxylation is 1. The first-order valence-corrected chi connectivity index (χ1v) is 11.0. The summed E-state index contributed by atoms with van der Waals surface area (Å²) in [5, 5.41) is 10.3. The lowest BCUT2D eigenvalue weighted by atomic mass is 10.1. The van der Waals surface area contributed by atoms with Gasteiger partial charge in [-0.1, -0.05) is 36.1 Å². The van der Waals surface area contributed by atoms with Crippen LogP contribution in [0, 0.1) is 6.92 Å². The Balaban J connectivity index is 1.70. The number of aromatic nitrogens is 2. The van der Waals surface area contributed by atoms with Crippen LogP contribution in [0.25, 0.3) is 11.5 Å². The second-order valence-corrected chi connectivity index (χ2v) is 8.99. The maximum Gasteiger partial charge on any atom is 0.322 e. The van der Waals surface area contributed by atoms with Crippen LogP contribution in [0.1, 0.15) is 35.7 Å². The largest absolute Gasteiger partial charge is 0.403 e. The maximum atomic E-state index is 12.6. The average Bonchev–Trinajstić information content (AvgIpc) is 3.20. The molecular weight excluding hydrogens is 404 g/mol. The number of benzene rings is 2. The zero-order valence-electron chi connectivity index (χ0n) is 17.1. The summed E-state index contributed by atoms with van der Waals surface area (Å²) >= 11 is 0. The van der Waals surface area contributed by atoms with Gasteiger partial charge in [0.2, 0.25) is 15.9 Å². The summed E-state index contributed by atoms with van der Waals surface area (Å²) in [6.45, 7) is 4.40. The standard InChI is InChI=1S/C21H24N4O4S/c1-4-5-13-25(3)30(27,28)18-11-9-16(10-12-18)19(26)22-21-24-23-20(29-21)17-8-6-7-15(2)14-17/h6-12,14H,4-5,13H2,1-3H3,(H,22,24,26). The minimum atomic E-state index is -3.58. The highest BCUT2D eigenvalue weighted by atomic mass is 32.2. The van der Waals surface area contributed by atoms with Crippen LogP contribution >= 0.6 is 0 Å². The minimum Gasteiger partial charge on any atom is -0.403 e. The third-order valence-corrected chi connectivity index (χ3v) is 6.43. The van der Waals surface area contributed by atoms with Crippen LogP contribution in [0.3, 0.4) is 0 Å². The molecule has 2 aromatic carbocycles. The summed E-state index contributed by atoms with van der Waals surface area (Å²) < 4.78 is 32.0. The van der Waals surface area contributed by atoms with Crippen molar-refractivity contribution < 1.29 is 17.6 Å². The van der Waals surface area contributed by atoms with Gasteiger partial charge in [-0.2, -0.15) is 0 Å². The molecule has 3 rings (SSSR count). The zero-order valence-corrected chi connectivity index (χ0v) is 17.9. The third-order valence-electron chi connectivity index (χ3n) is 4.56. The van der Waals surface area contributed by atoms with Gasteiger partial charge in [-0.15, -0.1) is 5.10 Å². The third kappa shape index (κ3) is 4.92. The molecule has 158 valence electrons. The molecule has 0 saturated carbocycles. The summed E-state index contributed by atoms with van der Waals surface area (Å²) in [6.07, 6.45) is 1.69. The summed E-state index contributed by atoms with van der Waals surface area (Å²) in [5.74, 6) is -0.178. The molecule has 30 heavy (non-hydrogen) atoms. The van der Waals surface area contributed by atoms with E-state index in [4.69, 9.17) is 4.42 Å². The predicted molar refractivity (Wildman–Crippen MR) is 114 cm³/mol. The van der Waals surface area contributed by atoms with Crippen molar-refractivity contribution in [3.05, 3.63) is 59.7 Å². The number of sulfonamides is 1. The molecule has 0 radical (unpaired) electrons. The highest BCUT2D eigenvalue weighted by Gasteiger charge is 2.21. The molecule has 0 aliphatic rings.